The van der Waals surface area contributed by atoms with Crippen LogP contribution in [-0.2, 0) is 6.54 Å². The maximum absolute atomic E-state index is 5.03. The van der Waals surface area contributed by atoms with Gasteiger partial charge in [-0.25, -0.2) is 0 Å². The van der Waals surface area contributed by atoms with Crippen LogP contribution in [0.5, 0.6) is 0 Å². The number of hydrogen-bond acceptors (Lipinski definition) is 5. The first-order valence-electron chi connectivity index (χ1n) is 6.38. The smallest absolute Gasteiger partial charge is 0.204 e. The van der Waals surface area contributed by atoms with Gasteiger partial charge in [0.05, 0.1) is 0 Å². The van der Waals surface area contributed by atoms with Crippen molar-refractivity contribution in [3.8, 4) is 0 Å². The molecule has 0 aliphatic carbocycles. The second-order valence-electron chi connectivity index (χ2n) is 4.77. The fourth-order valence-electron chi connectivity index (χ4n) is 2.40. The van der Waals surface area contributed by atoms with Crippen LogP contribution in [0.3, 0.4) is 0 Å². The quantitative estimate of drug-likeness (QED) is 0.851. The van der Waals surface area contributed by atoms with Crippen LogP contribution in [0.2, 0.25) is 0 Å². The van der Waals surface area contributed by atoms with Gasteiger partial charge in [-0.3, -0.25) is 10.00 Å². The third-order valence-electron chi connectivity index (χ3n) is 3.29. The number of H-pyrrole nitrogens is 1. The van der Waals surface area contributed by atoms with Crippen LogP contribution in [0.15, 0.2) is 30.3 Å². The molecule has 1 atom stereocenters. The average molecular weight is 292 g/mol. The summed E-state index contributed by atoms with van der Waals surface area (Å²) in [5.74, 6) is 0. The van der Waals surface area contributed by atoms with E-state index in [-0.39, 0.29) is 0 Å². The predicted molar refractivity (Wildman–Crippen MR) is 81.0 cm³/mol. The second-order valence-corrected chi connectivity index (χ2v) is 6.43. The molecule has 1 aliphatic rings. The van der Waals surface area contributed by atoms with Crippen molar-refractivity contribution in [1.29, 1.82) is 0 Å². The van der Waals surface area contributed by atoms with Crippen molar-refractivity contribution in [3.05, 3.63) is 39.8 Å². The van der Waals surface area contributed by atoms with E-state index in [4.69, 9.17) is 12.2 Å². The van der Waals surface area contributed by atoms with Crippen molar-refractivity contribution in [1.82, 2.24) is 15.1 Å². The number of rotatable bonds is 4. The van der Waals surface area contributed by atoms with E-state index in [1.165, 1.54) is 16.9 Å². The Morgan fingerprint density at radius 1 is 1.42 bits per heavy atom. The summed E-state index contributed by atoms with van der Waals surface area (Å²) in [6.07, 6.45) is 1.15. The third-order valence-corrected chi connectivity index (χ3v) is 4.31. The molecule has 1 unspecified atom stereocenters. The molecule has 2 heterocycles. The first-order chi connectivity index (χ1) is 9.29. The van der Waals surface area contributed by atoms with Crippen molar-refractivity contribution in [3.63, 3.8) is 0 Å². The van der Waals surface area contributed by atoms with Gasteiger partial charge in [-0.05, 0) is 24.2 Å². The number of anilines is 1. The van der Waals surface area contributed by atoms with Crippen molar-refractivity contribution < 1.29 is 0 Å². The monoisotopic (exact) mass is 292 g/mol. The highest BCUT2D eigenvalue weighted by Crippen LogP contribution is 2.19. The highest BCUT2D eigenvalue weighted by Gasteiger charge is 2.22. The third kappa shape index (κ3) is 3.40. The van der Waals surface area contributed by atoms with Crippen molar-refractivity contribution in [2.75, 3.05) is 18.4 Å². The molecule has 1 aliphatic heterocycles. The molecule has 0 spiro atoms. The standard InChI is InChI=1S/C13H16N4S2/c18-13-16-15-12(19-13)14-11-6-7-17(9-11)8-10-4-2-1-3-5-10/h1-5,11H,6-9H2,(H,14,15)(H,16,18). The molecule has 2 N–H and O–H groups in total. The van der Waals surface area contributed by atoms with Crippen LogP contribution < -0.4 is 5.32 Å². The number of likely N-dealkylation sites (tertiary alicyclic amines) is 1. The van der Waals surface area contributed by atoms with Gasteiger partial charge in [-0.15, -0.1) is 5.10 Å². The summed E-state index contributed by atoms with van der Waals surface area (Å²) < 4.78 is 0.724. The molecule has 3 rings (SSSR count). The van der Waals surface area contributed by atoms with Crippen LogP contribution in [0, 0.1) is 3.95 Å². The SMILES string of the molecule is S=c1[nH]nc(NC2CCN(Cc3ccccc3)C2)s1. The number of aromatic amines is 1. The molecule has 0 bridgehead atoms. The Morgan fingerprint density at radius 2 is 2.26 bits per heavy atom. The Hall–Kier alpha value is -1.24. The van der Waals surface area contributed by atoms with E-state index in [1.54, 1.807) is 0 Å². The van der Waals surface area contributed by atoms with Crippen LogP contribution in [0.4, 0.5) is 5.13 Å². The summed E-state index contributed by atoms with van der Waals surface area (Å²) in [6, 6.07) is 11.1. The highest BCUT2D eigenvalue weighted by atomic mass is 32.1. The van der Waals surface area contributed by atoms with Crippen LogP contribution in [-0.4, -0.2) is 34.2 Å². The Morgan fingerprint density at radius 3 is 3.00 bits per heavy atom. The zero-order chi connectivity index (χ0) is 13.1. The molecule has 1 aromatic carbocycles. The summed E-state index contributed by atoms with van der Waals surface area (Å²) in [7, 11) is 0. The molecule has 1 saturated heterocycles. The number of nitrogens with zero attached hydrogens (tertiary/aromatic N) is 2. The van der Waals surface area contributed by atoms with E-state index < -0.39 is 0 Å². The van der Waals surface area contributed by atoms with E-state index in [2.05, 4.69) is 50.7 Å². The van der Waals surface area contributed by atoms with Crippen molar-refractivity contribution >= 4 is 28.7 Å². The zero-order valence-electron chi connectivity index (χ0n) is 10.5. The van der Waals surface area contributed by atoms with E-state index >= 15 is 0 Å². The van der Waals surface area contributed by atoms with Crippen molar-refractivity contribution in [2.45, 2.75) is 19.0 Å². The number of nitrogens with one attached hydrogen (secondary N) is 2. The molecule has 0 amide bonds. The van der Waals surface area contributed by atoms with Crippen LogP contribution >= 0.6 is 23.6 Å². The fraction of sp³-hybridized carbons (Fsp3) is 0.385. The van der Waals surface area contributed by atoms with Gasteiger partial charge in [0.25, 0.3) is 0 Å². The van der Waals surface area contributed by atoms with Crippen molar-refractivity contribution in [2.24, 2.45) is 0 Å². The van der Waals surface area contributed by atoms with Gasteiger partial charge in [0.2, 0.25) is 5.13 Å². The lowest BCUT2D eigenvalue weighted by Gasteiger charge is -2.16. The lowest BCUT2D eigenvalue weighted by molar-refractivity contribution is 0.328. The highest BCUT2D eigenvalue weighted by molar-refractivity contribution is 7.73. The van der Waals surface area contributed by atoms with Gasteiger partial charge in [-0.1, -0.05) is 41.7 Å². The molecule has 0 radical (unpaired) electrons. The summed E-state index contributed by atoms with van der Waals surface area (Å²) in [5.41, 5.74) is 1.37. The van der Waals surface area contributed by atoms with E-state index in [0.717, 1.165) is 35.1 Å². The first kappa shape index (κ1) is 12.8. The Labute approximate surface area is 121 Å². The van der Waals surface area contributed by atoms with E-state index in [0.29, 0.717) is 6.04 Å². The minimum absolute atomic E-state index is 0.470. The van der Waals surface area contributed by atoms with Gasteiger partial charge in [0, 0.05) is 25.7 Å². The Bertz CT molecular complexity index is 578. The topological polar surface area (TPSA) is 44.0 Å². The molecular weight excluding hydrogens is 276 g/mol. The molecule has 6 heteroatoms. The number of benzene rings is 1. The van der Waals surface area contributed by atoms with Gasteiger partial charge in [0.1, 0.15) is 0 Å². The summed E-state index contributed by atoms with van der Waals surface area (Å²) in [4.78, 5) is 2.47. The predicted octanol–water partition coefficient (Wildman–Crippen LogP) is 2.89. The lowest BCUT2D eigenvalue weighted by atomic mass is 10.2. The summed E-state index contributed by atoms with van der Waals surface area (Å²) >= 11 is 6.53. The van der Waals surface area contributed by atoms with Crippen LogP contribution in [0.25, 0.3) is 0 Å². The van der Waals surface area contributed by atoms with Gasteiger partial charge >= 0.3 is 0 Å². The fourth-order valence-corrected chi connectivity index (χ4v) is 3.27. The molecule has 1 aromatic heterocycles. The van der Waals surface area contributed by atoms with E-state index in [1.807, 2.05) is 0 Å². The van der Waals surface area contributed by atoms with Gasteiger partial charge < -0.3 is 5.32 Å². The Balaban J connectivity index is 1.54. The lowest BCUT2D eigenvalue weighted by Crippen LogP contribution is -2.25. The molecule has 19 heavy (non-hydrogen) atoms. The maximum atomic E-state index is 5.03. The van der Waals surface area contributed by atoms with E-state index in [9.17, 15) is 0 Å². The second kappa shape index (κ2) is 5.81. The largest absolute Gasteiger partial charge is 0.356 e. The number of hydrogen-bond donors (Lipinski definition) is 2. The summed E-state index contributed by atoms with van der Waals surface area (Å²) in [5, 5.41) is 11.3. The molecular formula is C13H16N4S2. The van der Waals surface area contributed by atoms with Crippen LogP contribution in [0.1, 0.15) is 12.0 Å². The summed E-state index contributed by atoms with van der Waals surface area (Å²) in [6.45, 7) is 3.21. The normalized spacial score (nSPS) is 19.7. The average Bonchev–Trinajstić information content (AvgIpc) is 3.01. The number of aromatic nitrogens is 2. The minimum Gasteiger partial charge on any atom is -0.356 e. The molecule has 4 nitrogen and oxygen atoms in total. The minimum atomic E-state index is 0.470. The molecule has 100 valence electrons. The maximum Gasteiger partial charge on any atom is 0.204 e. The Kier molecular flexibility index (Phi) is 3.91. The molecule has 0 saturated carbocycles. The molecule has 2 aromatic rings. The zero-order valence-corrected chi connectivity index (χ0v) is 12.1. The first-order valence-corrected chi connectivity index (χ1v) is 7.60. The van der Waals surface area contributed by atoms with Gasteiger partial charge in [0.15, 0.2) is 3.95 Å². The van der Waals surface area contributed by atoms with Gasteiger partial charge in [-0.2, -0.15) is 0 Å². The molecule has 1 fully saturated rings.